The van der Waals surface area contributed by atoms with E-state index in [1.54, 1.807) is 6.26 Å². The van der Waals surface area contributed by atoms with Gasteiger partial charge in [0.2, 0.25) is 0 Å². The summed E-state index contributed by atoms with van der Waals surface area (Å²) in [6, 6.07) is 0. The number of ether oxygens (including phenoxy) is 1. The molecular weight excluding hydrogens is 244 g/mol. The molecule has 0 unspecified atom stereocenters. The number of thioether (sulfide) groups is 1. The van der Waals surface area contributed by atoms with E-state index >= 15 is 0 Å². The number of carbonyl (C=O) groups is 2. The van der Waals surface area contributed by atoms with Crippen molar-refractivity contribution in [1.29, 1.82) is 0 Å². The Balaban J connectivity index is 2.01. The van der Waals surface area contributed by atoms with Gasteiger partial charge in [-0.15, -0.1) is 0 Å². The minimum absolute atomic E-state index is 0.0393. The molecule has 98 valence electrons. The Morgan fingerprint density at radius 2 is 1.88 bits per heavy atom. The van der Waals surface area contributed by atoms with Crippen LogP contribution in [0.25, 0.3) is 0 Å². The summed E-state index contributed by atoms with van der Waals surface area (Å²) in [6.07, 6.45) is 6.83. The molecule has 0 bridgehead atoms. The van der Waals surface area contributed by atoms with Crippen LogP contribution in [0, 0.1) is 5.92 Å². The van der Waals surface area contributed by atoms with Crippen LogP contribution in [0.5, 0.6) is 0 Å². The Morgan fingerprint density at radius 1 is 1.18 bits per heavy atom. The second-order valence-corrected chi connectivity index (χ2v) is 4.60. The zero-order chi connectivity index (χ0) is 12.5. The first-order chi connectivity index (χ1) is 8.24. The average Bonchev–Trinajstić information content (AvgIpc) is 2.38. The zero-order valence-corrected chi connectivity index (χ0v) is 10.8. The molecule has 0 N–H and O–H groups in total. The molecule has 17 heavy (non-hydrogen) atoms. The smallest absolute Gasteiger partial charge is 0.400 e. The van der Waals surface area contributed by atoms with E-state index in [0.717, 1.165) is 37.4 Å². The van der Waals surface area contributed by atoms with Gasteiger partial charge in [0.05, 0.1) is 5.92 Å². The van der Waals surface area contributed by atoms with Crippen molar-refractivity contribution in [1.82, 2.24) is 0 Å². The van der Waals surface area contributed by atoms with Crippen LogP contribution in [-0.2, 0) is 19.3 Å². The van der Waals surface area contributed by atoms with Crippen molar-refractivity contribution in [3.8, 4) is 0 Å². The van der Waals surface area contributed by atoms with Gasteiger partial charge in [-0.05, 0) is 30.9 Å². The van der Waals surface area contributed by atoms with Crippen molar-refractivity contribution >= 4 is 23.0 Å². The molecule has 0 aromatic rings. The van der Waals surface area contributed by atoms with Gasteiger partial charge >= 0.3 is 11.3 Å². The van der Waals surface area contributed by atoms with Crippen molar-refractivity contribution in [3.05, 3.63) is 0 Å². The fraction of sp³-hybridized carbons (Fsp3) is 0.818. The lowest BCUT2D eigenvalue weighted by molar-refractivity contribution is -0.237. The molecule has 0 heterocycles. The van der Waals surface area contributed by atoms with Gasteiger partial charge in [0.25, 0.3) is 0 Å². The fourth-order valence-corrected chi connectivity index (χ4v) is 1.87. The van der Waals surface area contributed by atoms with Crippen molar-refractivity contribution in [2.75, 3.05) is 19.5 Å². The van der Waals surface area contributed by atoms with Crippen LogP contribution in [-0.4, -0.2) is 30.7 Å². The van der Waals surface area contributed by atoms with Crippen LogP contribution in [0.15, 0.2) is 0 Å². The van der Waals surface area contributed by atoms with Gasteiger partial charge < -0.3 is 4.74 Å². The van der Waals surface area contributed by atoms with Gasteiger partial charge in [-0.3, -0.25) is 9.68 Å². The van der Waals surface area contributed by atoms with Crippen LogP contribution in [0.3, 0.4) is 0 Å². The van der Waals surface area contributed by atoms with Crippen LogP contribution in [0.1, 0.15) is 32.1 Å². The third-order valence-corrected chi connectivity index (χ3v) is 3.04. The van der Waals surface area contributed by atoms with E-state index in [2.05, 4.69) is 9.78 Å². The summed E-state index contributed by atoms with van der Waals surface area (Å²) in [6.45, 7) is 0.196. The SMILES string of the molecule is CSC(=O)OOCCOC(=O)C1CCCCC1. The quantitative estimate of drug-likeness (QED) is 0.328. The molecule has 5 nitrogen and oxygen atoms in total. The van der Waals surface area contributed by atoms with E-state index in [1.165, 1.54) is 6.42 Å². The summed E-state index contributed by atoms with van der Waals surface area (Å²) in [7, 11) is 0. The highest BCUT2D eigenvalue weighted by atomic mass is 32.2. The predicted octanol–water partition coefficient (Wildman–Crippen LogP) is 2.54. The van der Waals surface area contributed by atoms with Crippen LogP contribution in [0.4, 0.5) is 4.79 Å². The predicted molar refractivity (Wildman–Crippen MR) is 63.5 cm³/mol. The first-order valence-corrected chi connectivity index (χ1v) is 7.00. The van der Waals surface area contributed by atoms with Crippen LogP contribution >= 0.6 is 11.8 Å². The average molecular weight is 262 g/mol. The molecule has 1 aliphatic rings. The minimum Gasteiger partial charge on any atom is -0.463 e. The summed E-state index contributed by atoms with van der Waals surface area (Å²) in [5.41, 5.74) is 0. The molecule has 0 aromatic carbocycles. The van der Waals surface area contributed by atoms with Crippen molar-refractivity contribution in [2.45, 2.75) is 32.1 Å². The molecule has 1 fully saturated rings. The zero-order valence-electron chi connectivity index (χ0n) is 9.98. The maximum absolute atomic E-state index is 11.6. The number of esters is 1. The lowest BCUT2D eigenvalue weighted by atomic mass is 9.89. The van der Waals surface area contributed by atoms with Crippen molar-refractivity contribution < 1.29 is 24.1 Å². The fourth-order valence-electron chi connectivity index (χ4n) is 1.76. The Hall–Kier alpha value is -0.750. The number of rotatable bonds is 5. The van der Waals surface area contributed by atoms with E-state index in [1.807, 2.05) is 0 Å². The van der Waals surface area contributed by atoms with Gasteiger partial charge in [-0.25, -0.2) is 4.79 Å². The maximum Gasteiger partial charge on any atom is 0.400 e. The van der Waals surface area contributed by atoms with Gasteiger partial charge in [0.15, 0.2) is 0 Å². The van der Waals surface area contributed by atoms with Crippen LogP contribution in [0.2, 0.25) is 0 Å². The summed E-state index contributed by atoms with van der Waals surface area (Å²) in [5.74, 6) is -0.123. The largest absolute Gasteiger partial charge is 0.463 e. The molecule has 0 atom stereocenters. The van der Waals surface area contributed by atoms with E-state index in [0.29, 0.717) is 0 Å². The lowest BCUT2D eigenvalue weighted by Gasteiger charge is -2.19. The number of hydrogen-bond donors (Lipinski definition) is 0. The highest BCUT2D eigenvalue weighted by Crippen LogP contribution is 2.24. The van der Waals surface area contributed by atoms with Gasteiger partial charge in [-0.1, -0.05) is 19.3 Å². The Morgan fingerprint density at radius 3 is 2.53 bits per heavy atom. The van der Waals surface area contributed by atoms with E-state index in [-0.39, 0.29) is 25.1 Å². The van der Waals surface area contributed by atoms with E-state index in [4.69, 9.17) is 4.74 Å². The van der Waals surface area contributed by atoms with Crippen molar-refractivity contribution in [2.24, 2.45) is 5.92 Å². The number of hydrogen-bond acceptors (Lipinski definition) is 6. The molecule has 0 aliphatic heterocycles. The summed E-state index contributed by atoms with van der Waals surface area (Å²) >= 11 is 0.918. The second-order valence-electron chi connectivity index (χ2n) is 3.86. The first-order valence-electron chi connectivity index (χ1n) is 5.78. The molecule has 0 radical (unpaired) electrons. The van der Waals surface area contributed by atoms with E-state index < -0.39 is 5.30 Å². The van der Waals surface area contributed by atoms with Crippen LogP contribution < -0.4 is 0 Å². The maximum atomic E-state index is 11.6. The molecule has 1 aliphatic carbocycles. The molecule has 0 saturated heterocycles. The van der Waals surface area contributed by atoms with E-state index in [9.17, 15) is 9.59 Å². The normalized spacial score (nSPS) is 16.5. The molecular formula is C11H18O5S. The molecule has 1 rings (SSSR count). The summed E-state index contributed by atoms with van der Waals surface area (Å²) < 4.78 is 5.03. The summed E-state index contributed by atoms with van der Waals surface area (Å²) in [4.78, 5) is 31.2. The third kappa shape index (κ3) is 5.93. The minimum atomic E-state index is -0.511. The topological polar surface area (TPSA) is 61.8 Å². The Bertz CT molecular complexity index is 250. The molecule has 1 saturated carbocycles. The summed E-state index contributed by atoms with van der Waals surface area (Å²) in [5, 5.41) is -0.511. The van der Waals surface area contributed by atoms with Crippen molar-refractivity contribution in [3.63, 3.8) is 0 Å². The van der Waals surface area contributed by atoms with Gasteiger partial charge in [0, 0.05) is 0 Å². The number of carbonyl (C=O) groups excluding carboxylic acids is 2. The standard InChI is InChI=1S/C11H18O5S/c1-17-11(13)16-15-8-7-14-10(12)9-5-3-2-4-6-9/h9H,2-8H2,1H3. The second kappa shape index (κ2) is 8.36. The highest BCUT2D eigenvalue weighted by Gasteiger charge is 2.22. The van der Waals surface area contributed by atoms with Gasteiger partial charge in [0.1, 0.15) is 13.2 Å². The molecule has 6 heteroatoms. The lowest BCUT2D eigenvalue weighted by Crippen LogP contribution is -2.22. The molecule has 0 amide bonds. The molecule has 0 spiro atoms. The Kier molecular flexibility index (Phi) is 7.04. The third-order valence-electron chi connectivity index (χ3n) is 2.64. The first kappa shape index (κ1) is 14.3. The highest BCUT2D eigenvalue weighted by molar-refractivity contribution is 8.12. The monoisotopic (exact) mass is 262 g/mol. The van der Waals surface area contributed by atoms with Gasteiger partial charge in [-0.2, -0.15) is 4.89 Å². The molecule has 0 aromatic heterocycles. The Labute approximate surface area is 105 Å².